The third kappa shape index (κ3) is 4.34. The molecule has 0 atom stereocenters. The van der Waals surface area contributed by atoms with Crippen LogP contribution in [-0.4, -0.2) is 29.8 Å². The van der Waals surface area contributed by atoms with Crippen molar-refractivity contribution in [3.63, 3.8) is 0 Å². The molecule has 3 rings (SSSR count). The number of phenolic OH excluding ortho intramolecular Hbond substituents is 1. The first kappa shape index (κ1) is 19.0. The first-order valence-corrected chi connectivity index (χ1v) is 9.66. The normalized spacial score (nSPS) is 17.1. The van der Waals surface area contributed by atoms with E-state index in [4.69, 9.17) is 4.74 Å². The number of aliphatic imine (C=N–C) groups is 1. The van der Waals surface area contributed by atoms with Crippen LogP contribution in [0, 0.1) is 0 Å². The highest BCUT2D eigenvalue weighted by atomic mass is 32.2. The zero-order chi connectivity index (χ0) is 19.2. The van der Waals surface area contributed by atoms with E-state index in [0.717, 1.165) is 24.1 Å². The van der Waals surface area contributed by atoms with Crippen molar-refractivity contribution >= 4 is 34.6 Å². The number of unbranched alkanes of at least 4 members (excludes halogenated alkanes) is 1. The van der Waals surface area contributed by atoms with Gasteiger partial charge in [-0.05, 0) is 54.1 Å². The van der Waals surface area contributed by atoms with E-state index < -0.39 is 0 Å². The smallest absolute Gasteiger partial charge is 0.271 e. The molecule has 1 heterocycles. The summed E-state index contributed by atoms with van der Waals surface area (Å²) in [6.07, 6.45) is 3.83. The summed E-state index contributed by atoms with van der Waals surface area (Å²) in [6.45, 7) is 2.81. The molecule has 0 saturated carbocycles. The van der Waals surface area contributed by atoms with Gasteiger partial charge in [-0.1, -0.05) is 37.6 Å². The minimum Gasteiger partial charge on any atom is -0.504 e. The molecule has 1 fully saturated rings. The predicted molar refractivity (Wildman–Crippen MR) is 111 cm³/mol. The van der Waals surface area contributed by atoms with Gasteiger partial charge < -0.3 is 9.84 Å². The van der Waals surface area contributed by atoms with E-state index in [2.05, 4.69) is 11.9 Å². The van der Waals surface area contributed by atoms with Crippen molar-refractivity contribution < 1.29 is 14.6 Å². The van der Waals surface area contributed by atoms with Crippen molar-refractivity contribution in [1.29, 1.82) is 0 Å². The highest BCUT2D eigenvalue weighted by molar-refractivity contribution is 8.19. The van der Waals surface area contributed by atoms with Gasteiger partial charge in [0.25, 0.3) is 5.91 Å². The fourth-order valence-electron chi connectivity index (χ4n) is 2.65. The second-order valence-corrected chi connectivity index (χ2v) is 7.04. The van der Waals surface area contributed by atoms with Crippen molar-refractivity contribution in [2.45, 2.75) is 19.8 Å². The van der Waals surface area contributed by atoms with E-state index >= 15 is 0 Å². The highest BCUT2D eigenvalue weighted by Gasteiger charge is 2.34. The maximum absolute atomic E-state index is 13.1. The molecule has 0 aliphatic carbocycles. The summed E-state index contributed by atoms with van der Waals surface area (Å²) in [4.78, 5) is 19.9. The molecule has 27 heavy (non-hydrogen) atoms. The summed E-state index contributed by atoms with van der Waals surface area (Å²) < 4.78 is 5.15. The lowest BCUT2D eigenvalue weighted by atomic mass is 10.2. The number of carbonyl (C=O) groups excluding carboxylic acids is 1. The fourth-order valence-corrected chi connectivity index (χ4v) is 3.66. The van der Waals surface area contributed by atoms with E-state index in [1.807, 2.05) is 30.3 Å². The minimum atomic E-state index is -0.103. The first-order valence-electron chi connectivity index (χ1n) is 8.84. The Balaban J connectivity index is 1.95. The Hall–Kier alpha value is -2.73. The molecule has 1 aliphatic heterocycles. The number of rotatable bonds is 6. The number of carbonyl (C=O) groups is 1. The van der Waals surface area contributed by atoms with Crippen LogP contribution < -0.4 is 9.64 Å². The molecular weight excluding hydrogens is 360 g/mol. The molecule has 1 saturated heterocycles. The van der Waals surface area contributed by atoms with Gasteiger partial charge in [-0.3, -0.25) is 14.7 Å². The van der Waals surface area contributed by atoms with Gasteiger partial charge in [0.05, 0.1) is 17.7 Å². The van der Waals surface area contributed by atoms with Crippen LogP contribution in [0.4, 0.5) is 5.69 Å². The molecule has 0 unspecified atom stereocenters. The molecule has 0 radical (unpaired) electrons. The number of nitrogens with zero attached hydrogens (tertiary/aromatic N) is 2. The number of para-hydroxylation sites is 1. The molecular formula is C21H22N2O3S. The topological polar surface area (TPSA) is 62.1 Å². The minimum absolute atomic E-state index is 0.0674. The number of ether oxygens (including phenoxy) is 1. The molecule has 1 aliphatic rings. The summed E-state index contributed by atoms with van der Waals surface area (Å²) in [5.41, 5.74) is 1.58. The van der Waals surface area contributed by atoms with Gasteiger partial charge in [-0.2, -0.15) is 0 Å². The number of benzene rings is 2. The lowest BCUT2D eigenvalue weighted by molar-refractivity contribution is -0.113. The van der Waals surface area contributed by atoms with Gasteiger partial charge in [0.1, 0.15) is 0 Å². The number of phenols is 1. The van der Waals surface area contributed by atoms with E-state index in [1.54, 1.807) is 29.2 Å². The third-order valence-corrected chi connectivity index (χ3v) is 5.09. The van der Waals surface area contributed by atoms with Crippen molar-refractivity contribution in [3.05, 3.63) is 59.0 Å². The summed E-state index contributed by atoms with van der Waals surface area (Å²) in [6, 6.07) is 14.5. The number of thioether (sulfide) groups is 1. The van der Waals surface area contributed by atoms with Crippen LogP contribution in [0.15, 0.2) is 58.4 Å². The van der Waals surface area contributed by atoms with Crippen LogP contribution in [0.2, 0.25) is 0 Å². The second-order valence-electron chi connectivity index (χ2n) is 6.04. The maximum atomic E-state index is 13.1. The van der Waals surface area contributed by atoms with Crippen LogP contribution in [0.25, 0.3) is 6.08 Å². The summed E-state index contributed by atoms with van der Waals surface area (Å²) >= 11 is 1.37. The number of anilines is 1. The Bertz CT molecular complexity index is 878. The van der Waals surface area contributed by atoms with E-state index in [9.17, 15) is 9.90 Å². The number of amidine groups is 1. The first-order chi connectivity index (χ1) is 13.1. The Morgan fingerprint density at radius 1 is 1.22 bits per heavy atom. The number of methoxy groups -OCH3 is 1. The molecule has 0 aromatic heterocycles. The lowest BCUT2D eigenvalue weighted by Gasteiger charge is -2.15. The van der Waals surface area contributed by atoms with Crippen LogP contribution in [-0.2, 0) is 4.79 Å². The third-order valence-electron chi connectivity index (χ3n) is 4.08. The van der Waals surface area contributed by atoms with E-state index in [-0.39, 0.29) is 11.7 Å². The number of amides is 1. The van der Waals surface area contributed by atoms with Crippen molar-refractivity contribution in [1.82, 2.24) is 0 Å². The molecule has 0 spiro atoms. The average Bonchev–Trinajstić information content (AvgIpc) is 2.99. The summed E-state index contributed by atoms with van der Waals surface area (Å²) in [7, 11) is 1.50. The molecule has 5 nitrogen and oxygen atoms in total. The van der Waals surface area contributed by atoms with E-state index in [0.29, 0.717) is 22.4 Å². The van der Waals surface area contributed by atoms with Gasteiger partial charge in [0.15, 0.2) is 16.7 Å². The lowest BCUT2D eigenvalue weighted by Crippen LogP contribution is -2.28. The zero-order valence-electron chi connectivity index (χ0n) is 15.4. The Morgan fingerprint density at radius 2 is 2.00 bits per heavy atom. The van der Waals surface area contributed by atoms with Gasteiger partial charge in [-0.15, -0.1) is 0 Å². The van der Waals surface area contributed by atoms with Crippen LogP contribution in [0.5, 0.6) is 11.5 Å². The second kappa shape index (κ2) is 8.77. The Kier molecular flexibility index (Phi) is 6.19. The Labute approximate surface area is 163 Å². The van der Waals surface area contributed by atoms with Crippen molar-refractivity contribution in [3.8, 4) is 11.5 Å². The van der Waals surface area contributed by atoms with Gasteiger partial charge >= 0.3 is 0 Å². The molecule has 0 bridgehead atoms. The number of hydrogen-bond donors (Lipinski definition) is 1. The quantitative estimate of drug-likeness (QED) is 0.582. The zero-order valence-corrected chi connectivity index (χ0v) is 16.2. The summed E-state index contributed by atoms with van der Waals surface area (Å²) in [5, 5.41) is 10.4. The molecule has 140 valence electrons. The van der Waals surface area contributed by atoms with Gasteiger partial charge in [-0.25, -0.2) is 0 Å². The standard InChI is InChI=1S/C21H22N2O3S/c1-3-4-12-22-21-23(16-8-6-5-7-9-16)20(25)19(27-21)14-15-10-11-17(24)18(13-15)26-2/h5-11,13-14,24H,3-4,12H2,1-2H3/b19-14-,22-21-. The molecule has 1 amide bonds. The molecule has 1 N–H and O–H groups in total. The van der Waals surface area contributed by atoms with Gasteiger partial charge in [0, 0.05) is 6.54 Å². The maximum Gasteiger partial charge on any atom is 0.271 e. The monoisotopic (exact) mass is 382 g/mol. The molecule has 6 heteroatoms. The van der Waals surface area contributed by atoms with Crippen LogP contribution in [0.1, 0.15) is 25.3 Å². The average molecular weight is 382 g/mol. The summed E-state index contributed by atoms with van der Waals surface area (Å²) in [5.74, 6) is 0.336. The molecule has 2 aromatic carbocycles. The fraction of sp³-hybridized carbons (Fsp3) is 0.238. The van der Waals surface area contributed by atoms with E-state index in [1.165, 1.54) is 18.9 Å². The molecule has 2 aromatic rings. The number of aromatic hydroxyl groups is 1. The largest absolute Gasteiger partial charge is 0.504 e. The highest BCUT2D eigenvalue weighted by Crippen LogP contribution is 2.37. The van der Waals surface area contributed by atoms with Crippen molar-refractivity contribution in [2.24, 2.45) is 4.99 Å². The SMILES string of the molecule is CCCC/N=C1\S/C(=C\c2ccc(O)c(OC)c2)C(=O)N1c1ccccc1. The number of hydrogen-bond acceptors (Lipinski definition) is 5. The Morgan fingerprint density at radius 3 is 2.70 bits per heavy atom. The van der Waals surface area contributed by atoms with Crippen LogP contribution in [0.3, 0.4) is 0 Å². The van der Waals surface area contributed by atoms with Crippen molar-refractivity contribution in [2.75, 3.05) is 18.6 Å². The predicted octanol–water partition coefficient (Wildman–Crippen LogP) is 4.68. The van der Waals surface area contributed by atoms with Crippen LogP contribution >= 0.6 is 11.8 Å². The van der Waals surface area contributed by atoms with Gasteiger partial charge in [0.2, 0.25) is 0 Å².